The molecule has 2 rings (SSSR count). The van der Waals surface area contributed by atoms with E-state index in [1.807, 2.05) is 12.1 Å². The Morgan fingerprint density at radius 1 is 1.00 bits per heavy atom. The second-order valence-electron chi connectivity index (χ2n) is 5.17. The molecule has 0 amide bonds. The second kappa shape index (κ2) is 7.62. The number of nitrogens with one attached hydrogen (secondary N) is 1. The number of ether oxygens (including phenoxy) is 1. The van der Waals surface area contributed by atoms with Crippen molar-refractivity contribution in [1.29, 1.82) is 0 Å². The maximum absolute atomic E-state index is 5.21. The molecule has 0 aromatic heterocycles. The molecular formula is C18H22BrNO. The highest BCUT2D eigenvalue weighted by Gasteiger charge is 2.13. The van der Waals surface area contributed by atoms with Crippen LogP contribution >= 0.6 is 15.9 Å². The third-order valence-corrected chi connectivity index (χ3v) is 4.28. The summed E-state index contributed by atoms with van der Waals surface area (Å²) in [6, 6.07) is 17.4. The molecule has 1 unspecified atom stereocenters. The summed E-state index contributed by atoms with van der Waals surface area (Å²) < 4.78 is 6.32. The van der Waals surface area contributed by atoms with Crippen molar-refractivity contribution in [3.63, 3.8) is 0 Å². The Kier molecular flexibility index (Phi) is 5.83. The molecule has 0 aliphatic rings. The van der Waals surface area contributed by atoms with Crippen LogP contribution in [0.15, 0.2) is 53.0 Å². The lowest BCUT2D eigenvalue weighted by Gasteiger charge is -2.23. The van der Waals surface area contributed by atoms with Crippen LogP contribution in [0, 0.1) is 0 Å². The van der Waals surface area contributed by atoms with E-state index in [9.17, 15) is 0 Å². The highest BCUT2D eigenvalue weighted by molar-refractivity contribution is 9.10. The Bertz CT molecular complexity index is 550. The minimum absolute atomic E-state index is 0.296. The summed E-state index contributed by atoms with van der Waals surface area (Å²) in [5.74, 6) is 0.894. The zero-order valence-corrected chi connectivity index (χ0v) is 14.4. The van der Waals surface area contributed by atoms with E-state index < -0.39 is 0 Å². The summed E-state index contributed by atoms with van der Waals surface area (Å²) in [6.07, 6.45) is 1.06. The Hall–Kier alpha value is -1.32. The molecule has 2 atom stereocenters. The topological polar surface area (TPSA) is 21.3 Å². The lowest BCUT2D eigenvalue weighted by Crippen LogP contribution is -2.24. The first-order valence-electron chi connectivity index (χ1n) is 7.29. The standard InChI is InChI=1S/C18H22BrNO/c1-4-18(15-5-9-16(19)10-6-15)20-13(2)14-7-11-17(21-3)12-8-14/h5-13,18,20H,4H2,1-3H3/t13-,18?/m0/s1. The van der Waals surface area contributed by atoms with Crippen molar-refractivity contribution in [3.05, 3.63) is 64.1 Å². The molecule has 21 heavy (non-hydrogen) atoms. The molecule has 3 heteroatoms. The van der Waals surface area contributed by atoms with Gasteiger partial charge in [0.15, 0.2) is 0 Å². The summed E-state index contributed by atoms with van der Waals surface area (Å²) >= 11 is 3.49. The van der Waals surface area contributed by atoms with Crippen molar-refractivity contribution in [1.82, 2.24) is 5.32 Å². The van der Waals surface area contributed by atoms with Crippen LogP contribution in [0.25, 0.3) is 0 Å². The van der Waals surface area contributed by atoms with Crippen molar-refractivity contribution < 1.29 is 4.74 Å². The van der Waals surface area contributed by atoms with E-state index in [-0.39, 0.29) is 0 Å². The van der Waals surface area contributed by atoms with Crippen LogP contribution in [0.2, 0.25) is 0 Å². The fourth-order valence-corrected chi connectivity index (χ4v) is 2.70. The van der Waals surface area contributed by atoms with Crippen molar-refractivity contribution >= 4 is 15.9 Å². The molecule has 0 bridgehead atoms. The van der Waals surface area contributed by atoms with Crippen LogP contribution in [-0.2, 0) is 0 Å². The van der Waals surface area contributed by atoms with Crippen LogP contribution in [0.4, 0.5) is 0 Å². The van der Waals surface area contributed by atoms with E-state index in [1.54, 1.807) is 7.11 Å². The van der Waals surface area contributed by atoms with Crippen molar-refractivity contribution in [2.24, 2.45) is 0 Å². The lowest BCUT2D eigenvalue weighted by molar-refractivity contribution is 0.413. The summed E-state index contributed by atoms with van der Waals surface area (Å²) in [7, 11) is 1.69. The molecule has 2 nitrogen and oxygen atoms in total. The van der Waals surface area contributed by atoms with E-state index in [1.165, 1.54) is 11.1 Å². The van der Waals surface area contributed by atoms with Crippen molar-refractivity contribution in [2.45, 2.75) is 32.4 Å². The summed E-state index contributed by atoms with van der Waals surface area (Å²) in [5.41, 5.74) is 2.59. The molecule has 0 saturated carbocycles. The minimum atomic E-state index is 0.296. The number of hydrogen-bond acceptors (Lipinski definition) is 2. The van der Waals surface area contributed by atoms with E-state index in [0.29, 0.717) is 12.1 Å². The highest BCUT2D eigenvalue weighted by Crippen LogP contribution is 2.24. The fourth-order valence-electron chi connectivity index (χ4n) is 2.44. The molecule has 0 saturated heterocycles. The highest BCUT2D eigenvalue weighted by atomic mass is 79.9. The second-order valence-corrected chi connectivity index (χ2v) is 6.09. The summed E-state index contributed by atoms with van der Waals surface area (Å²) in [6.45, 7) is 4.41. The van der Waals surface area contributed by atoms with E-state index in [2.05, 4.69) is 71.5 Å². The number of hydrogen-bond donors (Lipinski definition) is 1. The molecule has 0 spiro atoms. The molecule has 2 aromatic carbocycles. The van der Waals surface area contributed by atoms with Gasteiger partial charge in [0.2, 0.25) is 0 Å². The smallest absolute Gasteiger partial charge is 0.118 e. The predicted octanol–water partition coefficient (Wildman–Crippen LogP) is 5.26. The first-order valence-corrected chi connectivity index (χ1v) is 8.08. The Balaban J connectivity index is 2.08. The summed E-state index contributed by atoms with van der Waals surface area (Å²) in [4.78, 5) is 0. The monoisotopic (exact) mass is 347 g/mol. The van der Waals surface area contributed by atoms with E-state index >= 15 is 0 Å². The quantitative estimate of drug-likeness (QED) is 0.769. The number of rotatable bonds is 6. The van der Waals surface area contributed by atoms with Gasteiger partial charge in [-0.2, -0.15) is 0 Å². The molecular weight excluding hydrogens is 326 g/mol. The average Bonchev–Trinajstić information content (AvgIpc) is 2.53. The molecule has 0 aliphatic carbocycles. The maximum atomic E-state index is 5.21. The van der Waals surface area contributed by atoms with Gasteiger partial charge < -0.3 is 10.1 Å². The molecule has 112 valence electrons. The van der Waals surface area contributed by atoms with E-state index in [0.717, 1.165) is 16.6 Å². The van der Waals surface area contributed by atoms with Crippen molar-refractivity contribution in [2.75, 3.05) is 7.11 Å². The van der Waals surface area contributed by atoms with E-state index in [4.69, 9.17) is 4.74 Å². The van der Waals surface area contributed by atoms with Crippen LogP contribution in [0.5, 0.6) is 5.75 Å². The third-order valence-electron chi connectivity index (χ3n) is 3.75. The van der Waals surface area contributed by atoms with Gasteiger partial charge in [0.25, 0.3) is 0 Å². The van der Waals surface area contributed by atoms with Gasteiger partial charge in [-0.15, -0.1) is 0 Å². The van der Waals surface area contributed by atoms with Gasteiger partial charge in [0.1, 0.15) is 5.75 Å². The molecule has 1 N–H and O–H groups in total. The SMILES string of the molecule is CCC(N[C@@H](C)c1ccc(OC)cc1)c1ccc(Br)cc1. The van der Waals surface area contributed by atoms with Gasteiger partial charge in [-0.3, -0.25) is 0 Å². The average molecular weight is 348 g/mol. The third kappa shape index (κ3) is 4.32. The van der Waals surface area contributed by atoms with Crippen LogP contribution in [0.1, 0.15) is 43.5 Å². The normalized spacial score (nSPS) is 13.7. The lowest BCUT2D eigenvalue weighted by atomic mass is 10.0. The van der Waals surface area contributed by atoms with Crippen molar-refractivity contribution in [3.8, 4) is 5.75 Å². The number of halogens is 1. The van der Waals surface area contributed by atoms with Gasteiger partial charge in [-0.05, 0) is 48.7 Å². The van der Waals surface area contributed by atoms with Gasteiger partial charge in [-0.1, -0.05) is 47.1 Å². The van der Waals surface area contributed by atoms with Gasteiger partial charge >= 0.3 is 0 Å². The van der Waals surface area contributed by atoms with Gasteiger partial charge in [0.05, 0.1) is 7.11 Å². The largest absolute Gasteiger partial charge is 0.497 e. The first-order chi connectivity index (χ1) is 10.1. The Labute approximate surface area is 135 Å². The molecule has 0 fully saturated rings. The van der Waals surface area contributed by atoms with Gasteiger partial charge in [0, 0.05) is 16.6 Å². The maximum Gasteiger partial charge on any atom is 0.118 e. The van der Waals surface area contributed by atoms with Gasteiger partial charge in [-0.25, -0.2) is 0 Å². The Morgan fingerprint density at radius 2 is 1.57 bits per heavy atom. The molecule has 0 heterocycles. The fraction of sp³-hybridized carbons (Fsp3) is 0.333. The van der Waals surface area contributed by atoms with Crippen LogP contribution < -0.4 is 10.1 Å². The minimum Gasteiger partial charge on any atom is -0.497 e. The molecule has 0 radical (unpaired) electrons. The molecule has 2 aromatic rings. The first kappa shape index (κ1) is 16.1. The zero-order valence-electron chi connectivity index (χ0n) is 12.8. The predicted molar refractivity (Wildman–Crippen MR) is 91.7 cm³/mol. The summed E-state index contributed by atoms with van der Waals surface area (Å²) in [5, 5.41) is 3.70. The van der Waals surface area contributed by atoms with Crippen LogP contribution in [0.3, 0.4) is 0 Å². The number of benzene rings is 2. The van der Waals surface area contributed by atoms with Crippen LogP contribution in [-0.4, -0.2) is 7.11 Å². The Morgan fingerprint density at radius 3 is 2.10 bits per heavy atom. The molecule has 0 aliphatic heterocycles. The zero-order chi connectivity index (χ0) is 15.2. The number of methoxy groups -OCH3 is 1.